The summed E-state index contributed by atoms with van der Waals surface area (Å²) in [6, 6.07) is 3.56. The van der Waals surface area contributed by atoms with Gasteiger partial charge in [0.25, 0.3) is 0 Å². The second-order valence-electron chi connectivity index (χ2n) is 6.47. The molecule has 10 nitrogen and oxygen atoms in total. The number of nitrogens with two attached hydrogens (primary N) is 1. The van der Waals surface area contributed by atoms with E-state index in [0.29, 0.717) is 23.3 Å². The molecular weight excluding hydrogens is 348 g/mol. The number of hydrogen-bond acceptors (Lipinski definition) is 8. The minimum absolute atomic E-state index is 0.0449. The Hall–Kier alpha value is -2.97. The smallest absolute Gasteiger partial charge is 0.227 e. The van der Waals surface area contributed by atoms with Crippen LogP contribution in [0.15, 0.2) is 17.2 Å². The fourth-order valence-electron chi connectivity index (χ4n) is 3.24. The summed E-state index contributed by atoms with van der Waals surface area (Å²) in [7, 11) is 3.17. The van der Waals surface area contributed by atoms with Crippen molar-refractivity contribution in [2.45, 2.75) is 13.0 Å². The molecule has 0 amide bonds. The lowest BCUT2D eigenvalue weighted by Gasteiger charge is -2.35. The molecule has 1 unspecified atom stereocenters. The van der Waals surface area contributed by atoms with E-state index in [-0.39, 0.29) is 6.04 Å². The fraction of sp³-hybridized carbons (Fsp3) is 0.529. The van der Waals surface area contributed by atoms with Gasteiger partial charge in [-0.15, -0.1) is 0 Å². The van der Waals surface area contributed by atoms with Crippen molar-refractivity contribution in [1.82, 2.24) is 14.9 Å². The molecule has 144 valence electrons. The zero-order valence-electron chi connectivity index (χ0n) is 15.8. The number of anilines is 2. The van der Waals surface area contributed by atoms with Gasteiger partial charge in [-0.05, 0) is 11.6 Å². The van der Waals surface area contributed by atoms with Crippen LogP contribution in [0.3, 0.4) is 0 Å². The largest absolute Gasteiger partial charge is 0.493 e. The zero-order valence-corrected chi connectivity index (χ0v) is 15.8. The highest BCUT2D eigenvalue weighted by Gasteiger charge is 2.21. The maximum atomic E-state index is 8.53. The van der Waals surface area contributed by atoms with Crippen molar-refractivity contribution in [3.8, 4) is 11.5 Å². The van der Waals surface area contributed by atoms with E-state index in [9.17, 15) is 0 Å². The highest BCUT2D eigenvalue weighted by Crippen LogP contribution is 2.34. The van der Waals surface area contributed by atoms with Crippen LogP contribution in [0.25, 0.3) is 21.3 Å². The highest BCUT2D eigenvalue weighted by molar-refractivity contribution is 5.91. The average molecular weight is 372 g/mol. The lowest BCUT2D eigenvalue weighted by Crippen LogP contribution is -2.48. The molecule has 1 aliphatic rings. The number of hydrogen-bond donors (Lipinski definition) is 1. The quantitative estimate of drug-likeness (QED) is 0.467. The maximum Gasteiger partial charge on any atom is 0.227 e. The third kappa shape index (κ3) is 4.07. The Morgan fingerprint density at radius 3 is 2.48 bits per heavy atom. The number of rotatable bonds is 6. The Bertz CT molecular complexity index is 860. The van der Waals surface area contributed by atoms with Gasteiger partial charge in [-0.3, -0.25) is 4.90 Å². The van der Waals surface area contributed by atoms with Crippen molar-refractivity contribution >= 4 is 22.7 Å². The van der Waals surface area contributed by atoms with Crippen molar-refractivity contribution in [2.24, 2.45) is 5.11 Å². The molecule has 2 aromatic rings. The van der Waals surface area contributed by atoms with Crippen LogP contribution in [0.4, 0.5) is 11.8 Å². The number of nitrogens with zero attached hydrogens (tertiary/aromatic N) is 7. The van der Waals surface area contributed by atoms with Gasteiger partial charge in [-0.2, -0.15) is 4.98 Å². The fourth-order valence-corrected chi connectivity index (χ4v) is 3.24. The molecule has 0 radical (unpaired) electrons. The summed E-state index contributed by atoms with van der Waals surface area (Å²) in [6.45, 7) is 5.91. The van der Waals surface area contributed by atoms with Crippen molar-refractivity contribution in [1.29, 1.82) is 0 Å². The van der Waals surface area contributed by atoms with E-state index in [2.05, 4.69) is 29.8 Å². The number of azide groups is 1. The summed E-state index contributed by atoms with van der Waals surface area (Å²) >= 11 is 0. The van der Waals surface area contributed by atoms with Gasteiger partial charge in [-0.1, -0.05) is 12.0 Å². The van der Waals surface area contributed by atoms with Crippen LogP contribution in [0, 0.1) is 0 Å². The molecule has 10 heteroatoms. The van der Waals surface area contributed by atoms with E-state index in [1.807, 2.05) is 13.0 Å². The van der Waals surface area contributed by atoms with Gasteiger partial charge in [0.1, 0.15) is 5.82 Å². The van der Waals surface area contributed by atoms with Gasteiger partial charge in [0.2, 0.25) is 5.95 Å². The first-order valence-corrected chi connectivity index (χ1v) is 8.76. The Morgan fingerprint density at radius 2 is 1.85 bits per heavy atom. The predicted octanol–water partition coefficient (Wildman–Crippen LogP) is 2.05. The first-order chi connectivity index (χ1) is 13.0. The number of fused-ring (bicyclic) bond motifs is 1. The Kier molecular flexibility index (Phi) is 5.68. The third-order valence-electron chi connectivity index (χ3n) is 4.65. The second kappa shape index (κ2) is 8.15. The minimum atomic E-state index is -0.0449. The number of benzene rings is 1. The number of aromatic nitrogens is 2. The lowest BCUT2D eigenvalue weighted by molar-refractivity contribution is 0.246. The molecule has 1 saturated heterocycles. The predicted molar refractivity (Wildman–Crippen MR) is 104 cm³/mol. The van der Waals surface area contributed by atoms with E-state index >= 15 is 0 Å². The van der Waals surface area contributed by atoms with E-state index in [1.165, 1.54) is 0 Å². The Labute approximate surface area is 157 Å². The van der Waals surface area contributed by atoms with Crippen LogP contribution in [-0.2, 0) is 0 Å². The van der Waals surface area contributed by atoms with Crippen LogP contribution in [0.1, 0.15) is 6.92 Å². The van der Waals surface area contributed by atoms with E-state index in [1.54, 1.807) is 20.3 Å². The van der Waals surface area contributed by atoms with Crippen LogP contribution in [-0.4, -0.2) is 67.9 Å². The monoisotopic (exact) mass is 372 g/mol. The van der Waals surface area contributed by atoms with Gasteiger partial charge >= 0.3 is 0 Å². The molecule has 0 saturated carbocycles. The number of nitrogen functional groups attached to an aromatic ring is 1. The topological polar surface area (TPSA) is 126 Å². The Balaban J connectivity index is 1.78. The lowest BCUT2D eigenvalue weighted by atomic mass is 10.2. The molecule has 1 aromatic carbocycles. The van der Waals surface area contributed by atoms with E-state index in [4.69, 9.17) is 20.7 Å². The molecule has 1 atom stereocenters. The third-order valence-corrected chi connectivity index (χ3v) is 4.65. The van der Waals surface area contributed by atoms with Gasteiger partial charge in [0.05, 0.1) is 19.7 Å². The molecule has 0 spiro atoms. The molecule has 1 aliphatic heterocycles. The summed E-state index contributed by atoms with van der Waals surface area (Å²) in [4.78, 5) is 16.4. The minimum Gasteiger partial charge on any atom is -0.493 e. The molecule has 0 bridgehead atoms. The molecule has 2 heterocycles. The summed E-state index contributed by atoms with van der Waals surface area (Å²) in [5.74, 6) is 2.21. The van der Waals surface area contributed by atoms with Crippen LogP contribution < -0.4 is 20.1 Å². The Morgan fingerprint density at radius 1 is 1.19 bits per heavy atom. The molecule has 0 aliphatic carbocycles. The van der Waals surface area contributed by atoms with Crippen molar-refractivity contribution in [3.05, 3.63) is 22.6 Å². The summed E-state index contributed by atoms with van der Waals surface area (Å²) < 4.78 is 10.7. The van der Waals surface area contributed by atoms with Crippen molar-refractivity contribution in [2.75, 3.05) is 57.6 Å². The molecule has 27 heavy (non-hydrogen) atoms. The van der Waals surface area contributed by atoms with Gasteiger partial charge in [0.15, 0.2) is 11.5 Å². The first-order valence-electron chi connectivity index (χ1n) is 8.76. The van der Waals surface area contributed by atoms with E-state index in [0.717, 1.165) is 43.6 Å². The maximum absolute atomic E-state index is 8.53. The number of ether oxygens (including phenoxy) is 2. The van der Waals surface area contributed by atoms with Gasteiger partial charge < -0.3 is 20.1 Å². The number of methoxy groups -OCH3 is 2. The van der Waals surface area contributed by atoms with Crippen LogP contribution in [0.5, 0.6) is 11.5 Å². The molecule has 2 N–H and O–H groups in total. The second-order valence-corrected chi connectivity index (χ2v) is 6.47. The van der Waals surface area contributed by atoms with Crippen molar-refractivity contribution in [3.63, 3.8) is 0 Å². The summed E-state index contributed by atoms with van der Waals surface area (Å²) in [5.41, 5.74) is 15.4. The summed E-state index contributed by atoms with van der Waals surface area (Å²) in [6.07, 6.45) is 0. The van der Waals surface area contributed by atoms with Crippen molar-refractivity contribution < 1.29 is 9.47 Å². The first kappa shape index (κ1) is 18.8. The molecule has 3 rings (SSSR count). The van der Waals surface area contributed by atoms with Crippen LogP contribution in [0.2, 0.25) is 0 Å². The average Bonchev–Trinajstić information content (AvgIpc) is 2.67. The zero-order chi connectivity index (χ0) is 19.4. The van der Waals surface area contributed by atoms with E-state index < -0.39 is 0 Å². The standard InChI is InChI=1S/C17H24N8O2/c1-11(22-23-19)10-24-4-6-25(7-5-24)17-20-13-9-15(27-3)14(26-2)8-12(13)16(18)21-17/h8-9,11H,4-7,10H2,1-3H3,(H2,18,20,21). The molecular formula is C17H24N8O2. The SMILES string of the molecule is COc1cc2nc(N3CCN(CC(C)N=[N+]=[N-])CC3)nc(N)c2cc1OC. The molecule has 1 fully saturated rings. The van der Waals surface area contributed by atoms with Crippen LogP contribution >= 0.6 is 0 Å². The van der Waals surface area contributed by atoms with Gasteiger partial charge in [0, 0.05) is 55.1 Å². The summed E-state index contributed by atoms with van der Waals surface area (Å²) in [5, 5.41) is 4.47. The number of piperazine rings is 1. The normalized spacial score (nSPS) is 16.0. The molecule has 1 aromatic heterocycles. The highest BCUT2D eigenvalue weighted by atomic mass is 16.5. The van der Waals surface area contributed by atoms with Gasteiger partial charge in [-0.25, -0.2) is 4.98 Å².